The van der Waals surface area contributed by atoms with E-state index >= 15 is 0 Å². The predicted octanol–water partition coefficient (Wildman–Crippen LogP) is 0.478. The quantitative estimate of drug-likeness (QED) is 0.676. The molecule has 1 aliphatic heterocycles. The van der Waals surface area contributed by atoms with Crippen LogP contribution in [0.25, 0.3) is 0 Å². The fourth-order valence-electron chi connectivity index (χ4n) is 2.38. The van der Waals surface area contributed by atoms with Crippen LogP contribution in [-0.4, -0.2) is 66.9 Å². The van der Waals surface area contributed by atoms with Crippen molar-refractivity contribution >= 4 is 8.80 Å². The molecule has 6 heteroatoms. The van der Waals surface area contributed by atoms with Gasteiger partial charge in [0.15, 0.2) is 0 Å². The highest BCUT2D eigenvalue weighted by Crippen LogP contribution is 2.19. The molecule has 0 radical (unpaired) electrons. The lowest BCUT2D eigenvalue weighted by Crippen LogP contribution is -2.68. The summed E-state index contributed by atoms with van der Waals surface area (Å²) in [7, 11) is 2.49. The van der Waals surface area contributed by atoms with E-state index in [-0.39, 0.29) is 5.67 Å². The van der Waals surface area contributed by atoms with Gasteiger partial charge in [0.05, 0.1) is 5.67 Å². The number of hydrogen-bond acceptors (Lipinski definition) is 5. The molecule has 17 heavy (non-hydrogen) atoms. The fourth-order valence-corrected chi connectivity index (χ4v) is 4.80. The normalized spacial score (nSPS) is 22.9. The summed E-state index contributed by atoms with van der Waals surface area (Å²) in [6.07, 6.45) is 2.41. The molecule has 0 aromatic rings. The van der Waals surface area contributed by atoms with Crippen LogP contribution in [0.5, 0.6) is 0 Å². The number of nitrogens with one attached hydrogen (secondary N) is 1. The van der Waals surface area contributed by atoms with Crippen molar-refractivity contribution in [1.29, 1.82) is 0 Å². The molecule has 1 unspecified atom stereocenters. The summed E-state index contributed by atoms with van der Waals surface area (Å²) in [5.41, 5.74) is 0.225. The smallest absolute Gasteiger partial charge is 0.376 e. The van der Waals surface area contributed by atoms with Gasteiger partial charge in [0, 0.05) is 41.0 Å². The molecule has 0 bridgehead atoms. The number of rotatable bonds is 7. The molecule has 1 heterocycles. The average molecular weight is 262 g/mol. The standard InChI is InChI=1S/C11H26N2O3Si/c1-5-6-8-13-9-7-12-10-11(13)17(14-2,15-3)16-4/h11-12H,5-10H2,1-4H3. The minimum Gasteiger partial charge on any atom is -0.376 e. The zero-order valence-electron chi connectivity index (χ0n) is 11.5. The van der Waals surface area contributed by atoms with Crippen LogP contribution in [0.4, 0.5) is 0 Å². The Morgan fingerprint density at radius 3 is 2.41 bits per heavy atom. The number of unbranched alkanes of at least 4 members (excludes halogenated alkanes) is 1. The van der Waals surface area contributed by atoms with E-state index in [0.717, 1.165) is 26.2 Å². The number of piperazine rings is 1. The van der Waals surface area contributed by atoms with Crippen LogP contribution in [0.3, 0.4) is 0 Å². The van der Waals surface area contributed by atoms with Crippen molar-refractivity contribution < 1.29 is 13.3 Å². The summed E-state index contributed by atoms with van der Waals surface area (Å²) >= 11 is 0. The number of hydrogen-bond donors (Lipinski definition) is 1. The average Bonchev–Trinajstić information content (AvgIpc) is 2.40. The van der Waals surface area contributed by atoms with Gasteiger partial charge in [0.1, 0.15) is 0 Å². The van der Waals surface area contributed by atoms with E-state index in [9.17, 15) is 0 Å². The van der Waals surface area contributed by atoms with Crippen molar-refractivity contribution in [3.05, 3.63) is 0 Å². The van der Waals surface area contributed by atoms with Gasteiger partial charge in [-0.15, -0.1) is 0 Å². The predicted molar refractivity (Wildman–Crippen MR) is 69.9 cm³/mol. The Hall–Kier alpha value is 0.0169. The summed E-state index contributed by atoms with van der Waals surface area (Å²) in [5, 5.41) is 3.40. The Labute approximate surface area is 106 Å². The van der Waals surface area contributed by atoms with Gasteiger partial charge in [-0.05, 0) is 13.0 Å². The molecule has 0 spiro atoms. The lowest BCUT2D eigenvalue weighted by molar-refractivity contribution is 0.0642. The van der Waals surface area contributed by atoms with E-state index < -0.39 is 8.80 Å². The lowest BCUT2D eigenvalue weighted by atomic mass is 10.3. The van der Waals surface area contributed by atoms with Crippen molar-refractivity contribution in [2.45, 2.75) is 25.4 Å². The maximum absolute atomic E-state index is 5.60. The summed E-state index contributed by atoms with van der Waals surface area (Å²) in [6, 6.07) is 0. The van der Waals surface area contributed by atoms with Gasteiger partial charge in [0.25, 0.3) is 0 Å². The molecule has 1 aliphatic rings. The first kappa shape index (κ1) is 15.1. The molecule has 1 fully saturated rings. The Morgan fingerprint density at radius 1 is 1.24 bits per heavy atom. The summed E-state index contributed by atoms with van der Waals surface area (Å²) in [4.78, 5) is 2.45. The van der Waals surface area contributed by atoms with Crippen molar-refractivity contribution in [3.63, 3.8) is 0 Å². The zero-order valence-corrected chi connectivity index (χ0v) is 12.5. The van der Waals surface area contributed by atoms with E-state index in [4.69, 9.17) is 13.3 Å². The SMILES string of the molecule is CCCCN1CCNCC1[Si](OC)(OC)OC. The van der Waals surface area contributed by atoms with Gasteiger partial charge in [-0.1, -0.05) is 13.3 Å². The van der Waals surface area contributed by atoms with Crippen molar-refractivity contribution in [2.75, 3.05) is 47.5 Å². The first-order chi connectivity index (χ1) is 8.24. The molecule has 0 aromatic carbocycles. The summed E-state index contributed by atoms with van der Waals surface area (Å²) in [5.74, 6) is 0. The Kier molecular flexibility index (Phi) is 6.61. The third-order valence-electron chi connectivity index (χ3n) is 3.41. The first-order valence-electron chi connectivity index (χ1n) is 6.34. The van der Waals surface area contributed by atoms with Crippen molar-refractivity contribution in [3.8, 4) is 0 Å². The fraction of sp³-hybridized carbons (Fsp3) is 1.00. The molecule has 0 saturated carbocycles. The second-order valence-corrected chi connectivity index (χ2v) is 7.42. The van der Waals surface area contributed by atoms with Crippen molar-refractivity contribution in [1.82, 2.24) is 10.2 Å². The van der Waals surface area contributed by atoms with Crippen LogP contribution < -0.4 is 5.32 Å². The zero-order chi connectivity index (χ0) is 12.7. The highest BCUT2D eigenvalue weighted by Gasteiger charge is 2.50. The van der Waals surface area contributed by atoms with E-state index in [1.807, 2.05) is 0 Å². The maximum Gasteiger partial charge on any atom is 0.519 e. The third-order valence-corrected chi connectivity index (χ3v) is 6.51. The Balaban J connectivity index is 2.73. The van der Waals surface area contributed by atoms with Gasteiger partial charge in [0.2, 0.25) is 0 Å². The van der Waals surface area contributed by atoms with Crippen LogP contribution in [0.2, 0.25) is 0 Å². The van der Waals surface area contributed by atoms with E-state index in [1.54, 1.807) is 21.3 Å². The van der Waals surface area contributed by atoms with E-state index in [2.05, 4.69) is 17.1 Å². The van der Waals surface area contributed by atoms with Gasteiger partial charge >= 0.3 is 8.80 Å². The second-order valence-electron chi connectivity index (χ2n) is 4.33. The van der Waals surface area contributed by atoms with Gasteiger partial charge in [-0.3, -0.25) is 4.90 Å². The second kappa shape index (κ2) is 7.45. The first-order valence-corrected chi connectivity index (χ1v) is 8.14. The summed E-state index contributed by atoms with van der Waals surface area (Å²) < 4.78 is 16.8. The molecule has 0 amide bonds. The van der Waals surface area contributed by atoms with Crippen LogP contribution in [0.1, 0.15) is 19.8 Å². The lowest BCUT2D eigenvalue weighted by Gasteiger charge is -2.42. The van der Waals surface area contributed by atoms with Crippen LogP contribution >= 0.6 is 0 Å². The third kappa shape index (κ3) is 3.49. The van der Waals surface area contributed by atoms with Crippen LogP contribution in [-0.2, 0) is 13.3 Å². The largest absolute Gasteiger partial charge is 0.519 e. The monoisotopic (exact) mass is 262 g/mol. The molecule has 0 aromatic heterocycles. The maximum atomic E-state index is 5.60. The molecule has 1 rings (SSSR count). The molecular weight excluding hydrogens is 236 g/mol. The Morgan fingerprint density at radius 2 is 1.88 bits per heavy atom. The van der Waals surface area contributed by atoms with Crippen LogP contribution in [0.15, 0.2) is 0 Å². The van der Waals surface area contributed by atoms with Gasteiger partial charge < -0.3 is 18.6 Å². The molecule has 1 N–H and O–H groups in total. The topological polar surface area (TPSA) is 43.0 Å². The highest BCUT2D eigenvalue weighted by molar-refractivity contribution is 6.62. The van der Waals surface area contributed by atoms with Gasteiger partial charge in [-0.2, -0.15) is 0 Å². The van der Waals surface area contributed by atoms with E-state index in [0.29, 0.717) is 0 Å². The minimum atomic E-state index is -2.57. The summed E-state index contributed by atoms with van der Waals surface area (Å²) in [6.45, 7) is 6.25. The van der Waals surface area contributed by atoms with Gasteiger partial charge in [-0.25, -0.2) is 0 Å². The molecule has 1 saturated heterocycles. The van der Waals surface area contributed by atoms with Crippen LogP contribution in [0, 0.1) is 0 Å². The number of nitrogens with zero attached hydrogens (tertiary/aromatic N) is 1. The molecule has 5 nitrogen and oxygen atoms in total. The Bertz CT molecular complexity index is 207. The molecule has 1 atom stereocenters. The molecule has 102 valence electrons. The molecule has 0 aliphatic carbocycles. The highest BCUT2D eigenvalue weighted by atomic mass is 28.4. The van der Waals surface area contributed by atoms with Crippen molar-refractivity contribution in [2.24, 2.45) is 0 Å². The van der Waals surface area contributed by atoms with E-state index in [1.165, 1.54) is 12.8 Å². The minimum absolute atomic E-state index is 0.225. The molecular formula is C11H26N2O3Si.